The number of nitrogens with one attached hydrogen (secondary N) is 1. The molecule has 2 fully saturated rings. The number of piperidine rings is 1. The summed E-state index contributed by atoms with van der Waals surface area (Å²) in [6.07, 6.45) is 7.66. The van der Waals surface area contributed by atoms with Crippen molar-refractivity contribution in [3.63, 3.8) is 0 Å². The SMILES string of the molecule is CCOC(=O)CS(=O)(=O)N(CC=Cc1cccc(C(=N)N)c1)c1ccc(OC2CC3CCC(C2)N3C)c(Cl)c1. The predicted octanol–water partition coefficient (Wildman–Crippen LogP) is 4.04. The molecule has 0 spiro atoms. The Hall–Kier alpha value is -3.08. The molecule has 0 aliphatic carbocycles. The van der Waals surface area contributed by atoms with Crippen molar-refractivity contribution < 1.29 is 22.7 Å². The molecule has 2 aromatic carbocycles. The van der Waals surface area contributed by atoms with Crippen LogP contribution in [-0.2, 0) is 19.6 Å². The third-order valence-corrected chi connectivity index (χ3v) is 9.20. The first-order chi connectivity index (χ1) is 18.6. The molecule has 9 nitrogen and oxygen atoms in total. The van der Waals surface area contributed by atoms with Crippen LogP contribution in [0.3, 0.4) is 0 Å². The minimum atomic E-state index is -4.09. The van der Waals surface area contributed by atoms with E-state index >= 15 is 0 Å². The Labute approximate surface area is 235 Å². The van der Waals surface area contributed by atoms with Gasteiger partial charge in [-0.2, -0.15) is 0 Å². The number of nitrogens with zero attached hydrogens (tertiary/aromatic N) is 2. The summed E-state index contributed by atoms with van der Waals surface area (Å²) in [5.41, 5.74) is 7.19. The third-order valence-electron chi connectivity index (χ3n) is 7.27. The van der Waals surface area contributed by atoms with Gasteiger partial charge in [0.1, 0.15) is 17.7 Å². The first-order valence-corrected chi connectivity index (χ1v) is 15.0. The second kappa shape index (κ2) is 12.4. The molecular weight excluding hydrogens is 540 g/mol. The lowest BCUT2D eigenvalue weighted by molar-refractivity contribution is -0.139. The third kappa shape index (κ3) is 7.12. The van der Waals surface area contributed by atoms with E-state index in [9.17, 15) is 13.2 Å². The monoisotopic (exact) mass is 574 g/mol. The van der Waals surface area contributed by atoms with Crippen molar-refractivity contribution in [3.8, 4) is 5.75 Å². The molecule has 2 aromatic rings. The molecule has 2 aliphatic heterocycles. The molecule has 3 N–H and O–H groups in total. The normalized spacial score (nSPS) is 21.2. The van der Waals surface area contributed by atoms with Crippen molar-refractivity contribution in [2.45, 2.75) is 50.8 Å². The summed E-state index contributed by atoms with van der Waals surface area (Å²) in [6.45, 7) is 1.65. The lowest BCUT2D eigenvalue weighted by atomic mass is 10.0. The molecule has 0 radical (unpaired) electrons. The van der Waals surface area contributed by atoms with Crippen molar-refractivity contribution >= 4 is 45.2 Å². The van der Waals surface area contributed by atoms with Crippen LogP contribution in [0.4, 0.5) is 5.69 Å². The summed E-state index contributed by atoms with van der Waals surface area (Å²) in [6, 6.07) is 12.9. The molecule has 0 amide bonds. The summed E-state index contributed by atoms with van der Waals surface area (Å²) >= 11 is 6.59. The van der Waals surface area contributed by atoms with Crippen molar-refractivity contribution in [3.05, 3.63) is 64.7 Å². The standard InChI is InChI=1S/C28H35ClN4O5S/c1-3-37-27(34)18-39(35,36)33(13-5-7-19-6-4-8-20(14-19)28(30)31)23-11-12-26(25(29)17-23)38-24-15-21-9-10-22(16-24)32(21)2/h4-8,11-12,14,17,21-22,24H,3,9-10,13,15-16,18H2,1-2H3,(H3,30,31). The zero-order chi connectivity index (χ0) is 28.2. The highest BCUT2D eigenvalue weighted by molar-refractivity contribution is 7.93. The highest BCUT2D eigenvalue weighted by atomic mass is 35.5. The van der Waals surface area contributed by atoms with Crippen LogP contribution >= 0.6 is 11.6 Å². The minimum Gasteiger partial charge on any atom is -0.489 e. The molecule has 2 saturated heterocycles. The fraction of sp³-hybridized carbons (Fsp3) is 0.429. The Bertz CT molecular complexity index is 1340. The average molecular weight is 575 g/mol. The Morgan fingerprint density at radius 3 is 2.56 bits per heavy atom. The van der Waals surface area contributed by atoms with Crippen molar-refractivity contribution in [1.29, 1.82) is 5.41 Å². The van der Waals surface area contributed by atoms with Crippen LogP contribution in [0.1, 0.15) is 43.7 Å². The summed E-state index contributed by atoms with van der Waals surface area (Å²) in [7, 11) is -1.93. The molecule has 0 aromatic heterocycles. The number of carbonyl (C=O) groups is 1. The number of fused-ring (bicyclic) bond motifs is 2. The van der Waals surface area contributed by atoms with Crippen LogP contribution in [0.15, 0.2) is 48.5 Å². The Balaban J connectivity index is 1.55. The summed E-state index contributed by atoms with van der Waals surface area (Å²) in [5.74, 6) is -1.19. The number of nitrogens with two attached hydrogens (primary N) is 1. The van der Waals surface area contributed by atoms with Gasteiger partial charge in [0.15, 0.2) is 5.75 Å². The second-order valence-electron chi connectivity index (χ2n) is 9.91. The zero-order valence-electron chi connectivity index (χ0n) is 22.2. The Morgan fingerprint density at radius 1 is 1.21 bits per heavy atom. The smallest absolute Gasteiger partial charge is 0.323 e. The lowest BCUT2D eigenvalue weighted by Crippen LogP contribution is -2.43. The number of halogens is 1. The van der Waals surface area contributed by atoms with E-state index in [2.05, 4.69) is 11.9 Å². The number of amidine groups is 1. The number of sulfonamides is 1. The maximum atomic E-state index is 13.3. The first kappa shape index (κ1) is 28.9. The van der Waals surface area contributed by atoms with Crippen LogP contribution in [0, 0.1) is 5.41 Å². The van der Waals surface area contributed by atoms with Crippen LogP contribution < -0.4 is 14.8 Å². The zero-order valence-corrected chi connectivity index (χ0v) is 23.7. The molecule has 2 unspecified atom stereocenters. The largest absolute Gasteiger partial charge is 0.489 e. The highest BCUT2D eigenvalue weighted by Gasteiger charge is 2.39. The topological polar surface area (TPSA) is 126 Å². The van der Waals surface area contributed by atoms with E-state index in [0.717, 1.165) is 22.7 Å². The maximum Gasteiger partial charge on any atom is 0.323 e. The fourth-order valence-corrected chi connectivity index (χ4v) is 6.79. The van der Waals surface area contributed by atoms with Gasteiger partial charge in [-0.05, 0) is 69.5 Å². The van der Waals surface area contributed by atoms with E-state index in [1.807, 2.05) is 6.07 Å². The summed E-state index contributed by atoms with van der Waals surface area (Å²) < 4.78 is 38.9. The number of hydrogen-bond acceptors (Lipinski definition) is 7. The maximum absolute atomic E-state index is 13.3. The number of benzene rings is 2. The average Bonchev–Trinajstić information content (AvgIpc) is 3.08. The Morgan fingerprint density at radius 2 is 1.92 bits per heavy atom. The van der Waals surface area contributed by atoms with Crippen molar-refractivity contribution in [1.82, 2.24) is 4.90 Å². The molecule has 0 saturated carbocycles. The van der Waals surface area contributed by atoms with E-state index < -0.39 is 21.7 Å². The van der Waals surface area contributed by atoms with Crippen LogP contribution in [0.25, 0.3) is 6.08 Å². The van der Waals surface area contributed by atoms with E-state index in [4.69, 9.17) is 32.2 Å². The van der Waals surface area contributed by atoms with Gasteiger partial charge in [0, 0.05) is 17.6 Å². The van der Waals surface area contributed by atoms with Crippen molar-refractivity contribution in [2.24, 2.45) is 5.73 Å². The number of hydrogen-bond donors (Lipinski definition) is 2. The minimum absolute atomic E-state index is 0.0547. The van der Waals surface area contributed by atoms with Gasteiger partial charge in [0.05, 0.1) is 23.9 Å². The van der Waals surface area contributed by atoms with Gasteiger partial charge in [0.25, 0.3) is 0 Å². The first-order valence-electron chi connectivity index (χ1n) is 13.0. The molecule has 11 heteroatoms. The Kier molecular flexibility index (Phi) is 9.19. The predicted molar refractivity (Wildman–Crippen MR) is 154 cm³/mol. The van der Waals surface area contributed by atoms with Crippen LogP contribution in [0.5, 0.6) is 5.75 Å². The summed E-state index contributed by atoms with van der Waals surface area (Å²) in [5, 5.41) is 7.92. The molecule has 210 valence electrons. The number of carbonyl (C=O) groups excluding carboxylic acids is 1. The van der Waals surface area contributed by atoms with E-state index in [1.165, 1.54) is 12.8 Å². The van der Waals surface area contributed by atoms with Gasteiger partial charge in [-0.1, -0.05) is 42.0 Å². The van der Waals surface area contributed by atoms with Crippen LogP contribution in [-0.4, -0.2) is 69.3 Å². The molecule has 39 heavy (non-hydrogen) atoms. The second-order valence-corrected chi connectivity index (χ2v) is 12.2. The van der Waals surface area contributed by atoms with Gasteiger partial charge in [-0.15, -0.1) is 0 Å². The van der Waals surface area contributed by atoms with Gasteiger partial charge in [-0.3, -0.25) is 14.5 Å². The number of nitrogen functional groups attached to an aromatic ring is 1. The quantitative estimate of drug-likeness (QED) is 0.236. The highest BCUT2D eigenvalue weighted by Crippen LogP contribution is 2.38. The van der Waals surface area contributed by atoms with E-state index in [-0.39, 0.29) is 25.1 Å². The molecule has 2 atom stereocenters. The van der Waals surface area contributed by atoms with Crippen LogP contribution in [0.2, 0.25) is 5.02 Å². The molecule has 2 bridgehead atoms. The lowest BCUT2D eigenvalue weighted by Gasteiger charge is -2.36. The summed E-state index contributed by atoms with van der Waals surface area (Å²) in [4.78, 5) is 14.5. The molecule has 4 rings (SSSR count). The fourth-order valence-electron chi connectivity index (χ4n) is 5.28. The molecular formula is C28H35ClN4O5S. The number of esters is 1. The molecule has 2 heterocycles. The number of rotatable bonds is 11. The van der Waals surface area contributed by atoms with Gasteiger partial charge in [-0.25, -0.2) is 8.42 Å². The van der Waals surface area contributed by atoms with Gasteiger partial charge >= 0.3 is 5.97 Å². The van der Waals surface area contributed by atoms with Gasteiger partial charge in [0.2, 0.25) is 10.0 Å². The van der Waals surface area contributed by atoms with E-state index in [0.29, 0.717) is 34.1 Å². The van der Waals surface area contributed by atoms with Crippen molar-refractivity contribution in [2.75, 3.05) is 30.3 Å². The van der Waals surface area contributed by atoms with Gasteiger partial charge < -0.3 is 20.1 Å². The molecule has 2 aliphatic rings. The van der Waals surface area contributed by atoms with E-state index in [1.54, 1.807) is 55.5 Å². The number of anilines is 1. The number of ether oxygens (including phenoxy) is 2.